The van der Waals surface area contributed by atoms with Gasteiger partial charge in [-0.2, -0.15) is 4.98 Å². The van der Waals surface area contributed by atoms with E-state index in [9.17, 15) is 4.79 Å². The van der Waals surface area contributed by atoms with Crippen LogP contribution in [-0.4, -0.2) is 29.3 Å². The highest BCUT2D eigenvalue weighted by molar-refractivity contribution is 5.84. The summed E-state index contributed by atoms with van der Waals surface area (Å²) < 4.78 is 9.97. The second-order valence-corrected chi connectivity index (χ2v) is 4.39. The molecule has 0 aromatic carbocycles. The third-order valence-electron chi connectivity index (χ3n) is 3.01. The lowest BCUT2D eigenvalue weighted by molar-refractivity contribution is 0.0508. The van der Waals surface area contributed by atoms with E-state index < -0.39 is 5.97 Å². The summed E-state index contributed by atoms with van der Waals surface area (Å²) in [6, 6.07) is 0.0565. The van der Waals surface area contributed by atoms with Gasteiger partial charge in [0.25, 0.3) is 5.82 Å². The molecule has 6 heteroatoms. The molecule has 0 aliphatic carbocycles. The monoisotopic (exact) mass is 253 g/mol. The molecular weight excluding hydrogens is 234 g/mol. The third kappa shape index (κ3) is 3.29. The summed E-state index contributed by atoms with van der Waals surface area (Å²) in [4.78, 5) is 15.5. The van der Waals surface area contributed by atoms with Crippen LogP contribution >= 0.6 is 0 Å². The summed E-state index contributed by atoms with van der Waals surface area (Å²) in [5, 5.41) is 7.04. The minimum absolute atomic E-state index is 0.00992. The molecule has 2 rings (SSSR count). The van der Waals surface area contributed by atoms with Gasteiger partial charge in [0.05, 0.1) is 12.6 Å². The largest absolute Gasteiger partial charge is 0.460 e. The highest BCUT2D eigenvalue weighted by atomic mass is 16.5. The van der Waals surface area contributed by atoms with Crippen molar-refractivity contribution in [3.05, 3.63) is 11.7 Å². The van der Waals surface area contributed by atoms with Gasteiger partial charge in [0.15, 0.2) is 0 Å². The van der Waals surface area contributed by atoms with Crippen molar-refractivity contribution in [3.8, 4) is 0 Å². The van der Waals surface area contributed by atoms with Crippen LogP contribution in [0.3, 0.4) is 0 Å². The number of hydrogen-bond donors (Lipinski definition) is 1. The van der Waals surface area contributed by atoms with Gasteiger partial charge >= 0.3 is 5.97 Å². The van der Waals surface area contributed by atoms with Crippen LogP contribution in [0.1, 0.15) is 61.6 Å². The number of aromatic nitrogens is 2. The predicted molar refractivity (Wildman–Crippen MR) is 64.1 cm³/mol. The smallest absolute Gasteiger partial charge is 0.379 e. The van der Waals surface area contributed by atoms with Gasteiger partial charge in [0.2, 0.25) is 5.89 Å². The molecule has 1 atom stereocenters. The Hall–Kier alpha value is -1.43. The molecule has 100 valence electrons. The molecule has 1 unspecified atom stereocenters. The van der Waals surface area contributed by atoms with Crippen LogP contribution in [0.4, 0.5) is 0 Å². The fraction of sp³-hybridized carbons (Fsp3) is 0.750. The number of esters is 1. The Bertz CT molecular complexity index is 384. The van der Waals surface area contributed by atoms with E-state index in [1.165, 1.54) is 12.8 Å². The molecule has 0 bridgehead atoms. The summed E-state index contributed by atoms with van der Waals surface area (Å²) >= 11 is 0. The molecule has 1 aromatic rings. The Labute approximate surface area is 106 Å². The van der Waals surface area contributed by atoms with Gasteiger partial charge in [-0.15, -0.1) is 0 Å². The number of carbonyl (C=O) groups excluding carboxylic acids is 1. The predicted octanol–water partition coefficient (Wildman–Crippen LogP) is 1.84. The molecule has 0 radical (unpaired) electrons. The van der Waals surface area contributed by atoms with Crippen LogP contribution in [-0.2, 0) is 4.74 Å². The van der Waals surface area contributed by atoms with Crippen molar-refractivity contribution in [2.24, 2.45) is 0 Å². The number of carbonyl (C=O) groups is 1. The molecule has 18 heavy (non-hydrogen) atoms. The van der Waals surface area contributed by atoms with Crippen LogP contribution in [0.15, 0.2) is 4.52 Å². The van der Waals surface area contributed by atoms with Crippen molar-refractivity contribution in [2.45, 2.75) is 45.1 Å². The molecular formula is C12H19N3O3. The maximum atomic E-state index is 11.4. The average molecular weight is 253 g/mol. The Morgan fingerprint density at radius 1 is 1.44 bits per heavy atom. The van der Waals surface area contributed by atoms with Crippen LogP contribution < -0.4 is 5.32 Å². The van der Waals surface area contributed by atoms with Crippen LogP contribution in [0.5, 0.6) is 0 Å². The van der Waals surface area contributed by atoms with E-state index in [1.807, 2.05) is 0 Å². The standard InChI is InChI=1S/C12H19N3O3/c1-2-17-12(16)10-14-11(18-15-10)9-7-5-3-4-6-8-13-9/h9,13H,2-8H2,1H3. The molecule has 2 heterocycles. The maximum absolute atomic E-state index is 11.4. The lowest BCUT2D eigenvalue weighted by Gasteiger charge is -2.17. The summed E-state index contributed by atoms with van der Waals surface area (Å²) in [5.74, 6) is -0.0333. The van der Waals surface area contributed by atoms with Gasteiger partial charge in [0, 0.05) is 0 Å². The molecule has 1 aromatic heterocycles. The minimum Gasteiger partial charge on any atom is -0.460 e. The highest BCUT2D eigenvalue weighted by Crippen LogP contribution is 2.21. The molecule has 6 nitrogen and oxygen atoms in total. The molecule has 0 spiro atoms. The second kappa shape index (κ2) is 6.49. The molecule has 1 N–H and O–H groups in total. The van der Waals surface area contributed by atoms with E-state index in [2.05, 4.69) is 15.5 Å². The van der Waals surface area contributed by atoms with Gasteiger partial charge in [-0.3, -0.25) is 0 Å². The zero-order chi connectivity index (χ0) is 12.8. The minimum atomic E-state index is -0.529. The van der Waals surface area contributed by atoms with Crippen molar-refractivity contribution in [3.63, 3.8) is 0 Å². The van der Waals surface area contributed by atoms with E-state index in [1.54, 1.807) is 6.92 Å². The third-order valence-corrected chi connectivity index (χ3v) is 3.01. The Kier molecular flexibility index (Phi) is 4.69. The number of ether oxygens (including phenoxy) is 1. The first-order valence-electron chi connectivity index (χ1n) is 6.55. The van der Waals surface area contributed by atoms with Crippen molar-refractivity contribution in [1.29, 1.82) is 0 Å². The molecule has 1 aliphatic rings. The highest BCUT2D eigenvalue weighted by Gasteiger charge is 2.22. The molecule has 1 aliphatic heterocycles. The van der Waals surface area contributed by atoms with Crippen LogP contribution in [0.2, 0.25) is 0 Å². The van der Waals surface area contributed by atoms with Crippen molar-refractivity contribution < 1.29 is 14.1 Å². The first kappa shape index (κ1) is 13.0. The summed E-state index contributed by atoms with van der Waals surface area (Å²) in [6.45, 7) is 3.00. The first-order valence-corrected chi connectivity index (χ1v) is 6.55. The van der Waals surface area contributed by atoms with Crippen LogP contribution in [0.25, 0.3) is 0 Å². The lowest BCUT2D eigenvalue weighted by atomic mass is 10.0. The topological polar surface area (TPSA) is 77.2 Å². The van der Waals surface area contributed by atoms with E-state index in [-0.39, 0.29) is 11.9 Å². The van der Waals surface area contributed by atoms with Gasteiger partial charge in [0.1, 0.15) is 0 Å². The Morgan fingerprint density at radius 2 is 2.28 bits per heavy atom. The van der Waals surface area contributed by atoms with Gasteiger partial charge in [-0.05, 0) is 31.5 Å². The normalized spacial score (nSPS) is 21.1. The van der Waals surface area contributed by atoms with Crippen molar-refractivity contribution in [1.82, 2.24) is 15.5 Å². The fourth-order valence-corrected chi connectivity index (χ4v) is 2.07. The summed E-state index contributed by atoms with van der Waals surface area (Å²) in [7, 11) is 0. The Balaban J connectivity index is 2.01. The second-order valence-electron chi connectivity index (χ2n) is 4.39. The SMILES string of the molecule is CCOC(=O)c1noc(C2CCCCCCN2)n1. The van der Waals surface area contributed by atoms with Crippen molar-refractivity contribution in [2.75, 3.05) is 13.2 Å². The summed E-state index contributed by atoms with van der Waals surface area (Å²) in [5.41, 5.74) is 0. The zero-order valence-electron chi connectivity index (χ0n) is 10.6. The lowest BCUT2D eigenvalue weighted by Crippen LogP contribution is -2.24. The van der Waals surface area contributed by atoms with E-state index >= 15 is 0 Å². The molecule has 1 saturated heterocycles. The number of nitrogens with one attached hydrogen (secondary N) is 1. The van der Waals surface area contributed by atoms with E-state index in [0.717, 1.165) is 25.8 Å². The van der Waals surface area contributed by atoms with Crippen LogP contribution in [0, 0.1) is 0 Å². The molecule has 0 amide bonds. The van der Waals surface area contributed by atoms with Crippen molar-refractivity contribution >= 4 is 5.97 Å². The molecule has 0 saturated carbocycles. The molecule has 1 fully saturated rings. The van der Waals surface area contributed by atoms with E-state index in [4.69, 9.17) is 9.26 Å². The first-order chi connectivity index (χ1) is 8.81. The summed E-state index contributed by atoms with van der Waals surface area (Å²) in [6.07, 6.45) is 5.75. The van der Waals surface area contributed by atoms with Gasteiger partial charge in [-0.1, -0.05) is 19.3 Å². The number of hydrogen-bond acceptors (Lipinski definition) is 6. The Morgan fingerprint density at radius 3 is 3.11 bits per heavy atom. The maximum Gasteiger partial charge on any atom is 0.379 e. The number of nitrogens with zero attached hydrogens (tertiary/aromatic N) is 2. The van der Waals surface area contributed by atoms with Gasteiger partial charge < -0.3 is 14.6 Å². The zero-order valence-corrected chi connectivity index (χ0v) is 10.6. The fourth-order valence-electron chi connectivity index (χ4n) is 2.07. The quantitative estimate of drug-likeness (QED) is 0.828. The van der Waals surface area contributed by atoms with E-state index in [0.29, 0.717) is 12.5 Å². The average Bonchev–Trinajstić information content (AvgIpc) is 2.78. The van der Waals surface area contributed by atoms with Gasteiger partial charge in [-0.25, -0.2) is 4.79 Å². The number of rotatable bonds is 3.